The van der Waals surface area contributed by atoms with Crippen LogP contribution in [0.5, 0.6) is 0 Å². The first-order chi connectivity index (χ1) is 26.3. The third kappa shape index (κ3) is 6.98. The number of rotatable bonds is 10. The van der Waals surface area contributed by atoms with Gasteiger partial charge in [-0.2, -0.15) is 0 Å². The lowest BCUT2D eigenvalue weighted by atomic mass is 9.98. The van der Waals surface area contributed by atoms with Crippen molar-refractivity contribution in [3.63, 3.8) is 0 Å². The van der Waals surface area contributed by atoms with E-state index in [2.05, 4.69) is 242 Å². The molecule has 0 aromatic heterocycles. The topological polar surface area (TPSA) is 0 Å². The predicted molar refractivity (Wildman–Crippen MR) is 236 cm³/mol. The van der Waals surface area contributed by atoms with Crippen LogP contribution in [0.25, 0.3) is 0 Å². The molecule has 0 unspecified atom stereocenters. The largest absolute Gasteiger partial charge is 0.0622 e. The fraction of sp³-hybridized carbons (Fsp3) is 0.0196. The van der Waals surface area contributed by atoms with Crippen LogP contribution in [0.4, 0.5) is 0 Å². The molecule has 0 nitrogen and oxygen atoms in total. The summed E-state index contributed by atoms with van der Waals surface area (Å²) in [5.74, 6) is 5.23. The minimum Gasteiger partial charge on any atom is -0.0622 e. The maximum atomic E-state index is 2.61. The molecule has 0 saturated carbocycles. The maximum Gasteiger partial charge on any atom is -0.00139 e. The first-order valence-electron chi connectivity index (χ1n) is 18.3. The molecule has 8 aromatic carbocycles. The summed E-state index contributed by atoms with van der Waals surface area (Å²) in [6.07, 6.45) is 0.816. The van der Waals surface area contributed by atoms with Crippen LogP contribution in [0.15, 0.2) is 231 Å². The van der Waals surface area contributed by atoms with E-state index in [1.807, 2.05) is 0 Å². The standard InChI is InChI=1S/C51H42P2/c1-7-27-46(28-8-1)52(47-29-9-2-10-30-47,48-31-11-3-12-32-48)40-44-25-21-19-23-42(44)39-43-24-20-22-26-45(43)41-53(49-33-13-4-14-34-49,50-35-15-5-16-36-50)51-37-17-6-18-38-51/h1-38,40-41H,39H2. The van der Waals surface area contributed by atoms with E-state index in [9.17, 15) is 0 Å². The van der Waals surface area contributed by atoms with E-state index in [0.29, 0.717) is 0 Å². The van der Waals surface area contributed by atoms with Crippen LogP contribution in [-0.2, 0) is 6.42 Å². The minimum absolute atomic E-state index is 0.816. The molecule has 0 fully saturated rings. The summed E-state index contributed by atoms with van der Waals surface area (Å²) in [4.78, 5) is 0. The van der Waals surface area contributed by atoms with Crippen molar-refractivity contribution in [1.82, 2.24) is 0 Å². The molecule has 0 aliphatic carbocycles. The normalized spacial score (nSPS) is 11.5. The molecule has 0 radical (unpaired) electrons. The molecule has 0 heterocycles. The van der Waals surface area contributed by atoms with E-state index in [4.69, 9.17) is 0 Å². The molecule has 2 heteroatoms. The van der Waals surface area contributed by atoms with Gasteiger partial charge in [0, 0.05) is 0 Å². The van der Waals surface area contributed by atoms with E-state index >= 15 is 0 Å². The summed E-state index contributed by atoms with van der Waals surface area (Å²) in [5.41, 5.74) is 5.21. The van der Waals surface area contributed by atoms with Crippen molar-refractivity contribution in [2.24, 2.45) is 0 Å². The highest BCUT2D eigenvalue weighted by atomic mass is 31.2. The molecule has 53 heavy (non-hydrogen) atoms. The Balaban J connectivity index is 1.36. The number of hydrogen-bond donors (Lipinski definition) is 0. The van der Waals surface area contributed by atoms with Gasteiger partial charge in [0.1, 0.15) is 0 Å². The van der Waals surface area contributed by atoms with Crippen LogP contribution in [0.3, 0.4) is 0 Å². The van der Waals surface area contributed by atoms with Crippen molar-refractivity contribution in [2.45, 2.75) is 6.42 Å². The first-order valence-corrected chi connectivity index (χ1v) is 22.0. The van der Waals surface area contributed by atoms with Gasteiger partial charge in [-0.3, -0.25) is 0 Å². The van der Waals surface area contributed by atoms with Gasteiger partial charge in [0.2, 0.25) is 0 Å². The zero-order chi connectivity index (χ0) is 35.8. The van der Waals surface area contributed by atoms with Crippen molar-refractivity contribution in [2.75, 3.05) is 0 Å². The molecular formula is C51H42P2. The fourth-order valence-electron chi connectivity index (χ4n) is 7.59. The highest BCUT2D eigenvalue weighted by molar-refractivity contribution is 7.95. The second-order valence-corrected chi connectivity index (χ2v) is 19.8. The van der Waals surface area contributed by atoms with Crippen molar-refractivity contribution < 1.29 is 0 Å². The highest BCUT2D eigenvalue weighted by Crippen LogP contribution is 2.46. The molecule has 0 aliphatic rings. The maximum absolute atomic E-state index is 2.61. The third-order valence-corrected chi connectivity index (χ3v) is 18.1. The Bertz CT molecular complexity index is 2120. The minimum atomic E-state index is -2.20. The molecule has 0 bridgehead atoms. The number of hydrogen-bond acceptors (Lipinski definition) is 0. The van der Waals surface area contributed by atoms with Crippen LogP contribution in [0.2, 0.25) is 0 Å². The average Bonchev–Trinajstić information content (AvgIpc) is 3.25. The molecule has 8 aromatic rings. The van der Waals surface area contributed by atoms with Crippen molar-refractivity contribution in [3.8, 4) is 0 Å². The molecule has 0 amide bonds. The van der Waals surface area contributed by atoms with E-state index in [-0.39, 0.29) is 0 Å². The van der Waals surface area contributed by atoms with Gasteiger partial charge in [-0.25, -0.2) is 0 Å². The highest BCUT2D eigenvalue weighted by Gasteiger charge is 2.27. The summed E-state index contributed by atoms with van der Waals surface area (Å²) >= 11 is 0. The molecule has 0 aliphatic heterocycles. The SMILES string of the molecule is C(c1ccccc1Cc1ccccc1C=P(c1ccccc1)(c1ccccc1)c1ccccc1)=P(c1ccccc1)(c1ccccc1)c1ccccc1. The smallest absolute Gasteiger partial charge is 0.00139 e. The Morgan fingerprint density at radius 1 is 0.245 bits per heavy atom. The van der Waals surface area contributed by atoms with Gasteiger partial charge in [-0.1, -0.05) is 231 Å². The van der Waals surface area contributed by atoms with Crippen LogP contribution >= 0.6 is 13.8 Å². The van der Waals surface area contributed by atoms with Gasteiger partial charge in [-0.05, 0) is 85.9 Å². The van der Waals surface area contributed by atoms with Gasteiger partial charge >= 0.3 is 0 Å². The van der Waals surface area contributed by atoms with Crippen LogP contribution in [-0.4, -0.2) is 11.6 Å². The van der Waals surface area contributed by atoms with E-state index in [0.717, 1.165) is 6.42 Å². The second-order valence-electron chi connectivity index (χ2n) is 13.3. The van der Waals surface area contributed by atoms with E-state index < -0.39 is 13.8 Å². The Morgan fingerprint density at radius 2 is 0.453 bits per heavy atom. The van der Waals surface area contributed by atoms with E-state index in [1.54, 1.807) is 0 Å². The van der Waals surface area contributed by atoms with Crippen LogP contribution in [0, 0.1) is 0 Å². The predicted octanol–water partition coefficient (Wildman–Crippen LogP) is 9.57. The van der Waals surface area contributed by atoms with Crippen molar-refractivity contribution in [1.29, 1.82) is 0 Å². The van der Waals surface area contributed by atoms with Crippen LogP contribution in [0.1, 0.15) is 22.3 Å². The van der Waals surface area contributed by atoms with Crippen LogP contribution < -0.4 is 31.8 Å². The summed E-state index contributed by atoms with van der Waals surface area (Å²) in [6.45, 7) is -4.40. The Morgan fingerprint density at radius 3 is 0.698 bits per heavy atom. The monoisotopic (exact) mass is 716 g/mol. The Labute approximate surface area is 315 Å². The Hall–Kier alpha value is -5.64. The lowest BCUT2D eigenvalue weighted by Gasteiger charge is -2.30. The average molecular weight is 717 g/mol. The lowest BCUT2D eigenvalue weighted by Crippen LogP contribution is -2.27. The van der Waals surface area contributed by atoms with Gasteiger partial charge in [0.15, 0.2) is 0 Å². The van der Waals surface area contributed by atoms with Gasteiger partial charge < -0.3 is 0 Å². The first kappa shape index (κ1) is 34.4. The summed E-state index contributed by atoms with van der Waals surface area (Å²) in [7, 11) is 0. The molecule has 0 saturated heterocycles. The summed E-state index contributed by atoms with van der Waals surface area (Å²) in [6, 6.07) is 84.8. The lowest BCUT2D eigenvalue weighted by molar-refractivity contribution is 1.18. The van der Waals surface area contributed by atoms with Gasteiger partial charge in [-0.15, -0.1) is 0 Å². The molecular weight excluding hydrogens is 675 g/mol. The number of benzene rings is 8. The zero-order valence-electron chi connectivity index (χ0n) is 29.7. The molecule has 0 N–H and O–H groups in total. The van der Waals surface area contributed by atoms with Crippen molar-refractivity contribution >= 4 is 57.2 Å². The molecule has 256 valence electrons. The fourth-order valence-corrected chi connectivity index (χ4v) is 15.5. The summed E-state index contributed by atoms with van der Waals surface area (Å²) in [5, 5.41) is 8.11. The quantitative estimate of drug-likeness (QED) is 0.124. The molecule has 0 spiro atoms. The molecule has 0 atom stereocenters. The molecule has 8 rings (SSSR count). The van der Waals surface area contributed by atoms with Gasteiger partial charge in [0.05, 0.1) is 0 Å². The van der Waals surface area contributed by atoms with Crippen molar-refractivity contribution in [3.05, 3.63) is 253 Å². The van der Waals surface area contributed by atoms with Gasteiger partial charge in [0.25, 0.3) is 0 Å². The third-order valence-electron chi connectivity index (χ3n) is 10.1. The Kier molecular flexibility index (Phi) is 10.4. The zero-order valence-corrected chi connectivity index (χ0v) is 31.5. The van der Waals surface area contributed by atoms with E-state index in [1.165, 1.54) is 54.1 Å². The second kappa shape index (κ2) is 15.9. The summed E-state index contributed by atoms with van der Waals surface area (Å²) < 4.78 is 0.